The van der Waals surface area contributed by atoms with Crippen LogP contribution in [-0.2, 0) is 0 Å². The van der Waals surface area contributed by atoms with Gasteiger partial charge in [-0.2, -0.15) is 0 Å². The number of aromatic amines is 1. The number of nitrogens with one attached hydrogen (secondary N) is 1. The van der Waals surface area contributed by atoms with Crippen molar-refractivity contribution in [3.8, 4) is 5.75 Å². The number of pyridine rings is 1. The van der Waals surface area contributed by atoms with Crippen molar-refractivity contribution in [2.45, 2.75) is 0 Å². The van der Waals surface area contributed by atoms with Crippen molar-refractivity contribution in [2.24, 2.45) is 0 Å². The Labute approximate surface area is 136 Å². The molecule has 2 aromatic carbocycles. The van der Waals surface area contributed by atoms with Gasteiger partial charge in [-0.1, -0.05) is 24.3 Å². The summed E-state index contributed by atoms with van der Waals surface area (Å²) in [6.07, 6.45) is 0. The summed E-state index contributed by atoms with van der Waals surface area (Å²) in [5.41, 5.74) is 1.67. The van der Waals surface area contributed by atoms with Crippen molar-refractivity contribution in [1.29, 1.82) is 0 Å². The van der Waals surface area contributed by atoms with Gasteiger partial charge in [0.15, 0.2) is 0 Å². The van der Waals surface area contributed by atoms with Crippen molar-refractivity contribution in [1.82, 2.24) is 0 Å². The van der Waals surface area contributed by atoms with Gasteiger partial charge in [-0.25, -0.2) is 4.98 Å². The Morgan fingerprint density at radius 1 is 0.875 bits per heavy atom. The van der Waals surface area contributed by atoms with Gasteiger partial charge in [0, 0.05) is 16.8 Å². The van der Waals surface area contributed by atoms with Gasteiger partial charge < -0.3 is 5.11 Å². The summed E-state index contributed by atoms with van der Waals surface area (Å²) in [6, 6.07) is 15.3. The van der Waals surface area contributed by atoms with E-state index in [1.165, 1.54) is 0 Å². The van der Waals surface area contributed by atoms with E-state index < -0.39 is 0 Å². The Kier molecular flexibility index (Phi) is 3.62. The molecule has 2 nitrogen and oxygen atoms in total. The number of hydrogen-bond acceptors (Lipinski definition) is 1. The SMILES string of the molecule is [K+].[O-]c1cccc2cc3ccccc3[nH+]c12. The first-order chi connectivity index (χ1) is 7.34. The van der Waals surface area contributed by atoms with Crippen molar-refractivity contribution in [3.63, 3.8) is 0 Å². The minimum atomic E-state index is 0. The summed E-state index contributed by atoms with van der Waals surface area (Å²) in [5, 5.41) is 13.7. The van der Waals surface area contributed by atoms with Gasteiger partial charge in [-0.05, 0) is 23.9 Å². The second-order valence-corrected chi connectivity index (χ2v) is 3.58. The number of rotatable bonds is 0. The van der Waals surface area contributed by atoms with Crippen LogP contribution in [0.3, 0.4) is 0 Å². The van der Waals surface area contributed by atoms with Crippen LogP contribution in [0.5, 0.6) is 5.75 Å². The van der Waals surface area contributed by atoms with Gasteiger partial charge in [-0.15, -0.1) is 0 Å². The standard InChI is InChI=1S/C13H9NO.K/c15-12-7-3-5-10-8-9-4-1-2-6-11(9)14-13(10)12;/h1-8,15H;/q;+1. The Morgan fingerprint density at radius 2 is 1.62 bits per heavy atom. The van der Waals surface area contributed by atoms with E-state index in [0.29, 0.717) is 5.52 Å². The maximum absolute atomic E-state index is 11.6. The molecule has 0 aliphatic rings. The maximum Gasteiger partial charge on any atom is 1.00 e. The van der Waals surface area contributed by atoms with E-state index in [4.69, 9.17) is 0 Å². The Morgan fingerprint density at radius 3 is 2.50 bits per heavy atom. The molecule has 0 aliphatic carbocycles. The number of fused-ring (bicyclic) bond motifs is 2. The molecule has 0 amide bonds. The van der Waals surface area contributed by atoms with E-state index in [2.05, 4.69) is 4.98 Å². The maximum atomic E-state index is 11.6. The van der Waals surface area contributed by atoms with Crippen molar-refractivity contribution in [2.75, 3.05) is 0 Å². The van der Waals surface area contributed by atoms with E-state index in [1.807, 2.05) is 36.4 Å². The van der Waals surface area contributed by atoms with Crippen molar-refractivity contribution in [3.05, 3.63) is 48.5 Å². The van der Waals surface area contributed by atoms with Gasteiger partial charge >= 0.3 is 51.4 Å². The van der Waals surface area contributed by atoms with Crippen LogP contribution in [0.1, 0.15) is 0 Å². The van der Waals surface area contributed by atoms with E-state index in [0.717, 1.165) is 16.3 Å². The normalized spacial score (nSPS) is 10.2. The largest absolute Gasteiger partial charge is 1.00 e. The zero-order chi connectivity index (χ0) is 10.3. The summed E-state index contributed by atoms with van der Waals surface area (Å²) in [7, 11) is 0. The molecule has 0 aliphatic heterocycles. The van der Waals surface area contributed by atoms with Crippen LogP contribution in [0, 0.1) is 0 Å². The molecule has 3 rings (SSSR count). The Bertz CT molecular complexity index is 652. The molecular formula is C13H9KNO+. The molecule has 1 N–H and O–H groups in total. The molecule has 16 heavy (non-hydrogen) atoms. The summed E-state index contributed by atoms with van der Waals surface area (Å²) in [4.78, 5) is 3.16. The summed E-state index contributed by atoms with van der Waals surface area (Å²) in [5.74, 6) is 0.0400. The summed E-state index contributed by atoms with van der Waals surface area (Å²) >= 11 is 0. The van der Waals surface area contributed by atoms with E-state index in [-0.39, 0.29) is 57.1 Å². The van der Waals surface area contributed by atoms with Gasteiger partial charge in [0.05, 0.1) is 0 Å². The fourth-order valence-electron chi connectivity index (χ4n) is 1.84. The molecule has 0 saturated heterocycles. The van der Waals surface area contributed by atoms with Crippen LogP contribution in [0.2, 0.25) is 0 Å². The van der Waals surface area contributed by atoms with Crippen molar-refractivity contribution >= 4 is 21.8 Å². The van der Waals surface area contributed by atoms with Crippen LogP contribution in [0.15, 0.2) is 48.5 Å². The second kappa shape index (κ2) is 4.81. The van der Waals surface area contributed by atoms with E-state index in [1.54, 1.807) is 12.1 Å². The quantitative estimate of drug-likeness (QED) is 0.359. The zero-order valence-corrected chi connectivity index (χ0v) is 12.2. The predicted octanol–water partition coefficient (Wildman–Crippen LogP) is -1.12. The molecule has 0 atom stereocenters. The molecule has 0 unspecified atom stereocenters. The number of hydrogen-bond donors (Lipinski definition) is 0. The first kappa shape index (κ1) is 12.0. The third-order valence-electron chi connectivity index (χ3n) is 2.59. The molecule has 1 aromatic heterocycles. The monoisotopic (exact) mass is 234 g/mol. The number of H-pyrrole nitrogens is 1. The number of para-hydroxylation sites is 2. The zero-order valence-electron chi connectivity index (χ0n) is 9.03. The summed E-state index contributed by atoms with van der Waals surface area (Å²) in [6.45, 7) is 0. The molecule has 0 saturated carbocycles. The number of benzene rings is 2. The fraction of sp³-hybridized carbons (Fsp3) is 0. The Hall–Kier alpha value is -0.454. The van der Waals surface area contributed by atoms with Crippen LogP contribution < -0.4 is 61.5 Å². The van der Waals surface area contributed by atoms with Crippen LogP contribution >= 0.6 is 0 Å². The van der Waals surface area contributed by atoms with Crippen LogP contribution in [0.4, 0.5) is 0 Å². The van der Waals surface area contributed by atoms with Gasteiger partial charge in [0.1, 0.15) is 0 Å². The molecule has 72 valence electrons. The first-order valence-corrected chi connectivity index (χ1v) is 4.85. The average molecular weight is 234 g/mol. The molecule has 3 aromatic rings. The number of aromatic nitrogens is 1. The minimum Gasteiger partial charge on any atom is -0.868 e. The van der Waals surface area contributed by atoms with Crippen LogP contribution in [0.25, 0.3) is 21.8 Å². The molecule has 0 fully saturated rings. The van der Waals surface area contributed by atoms with Crippen LogP contribution in [-0.4, -0.2) is 0 Å². The molecule has 0 spiro atoms. The van der Waals surface area contributed by atoms with E-state index in [9.17, 15) is 5.11 Å². The third-order valence-corrected chi connectivity index (χ3v) is 2.59. The topological polar surface area (TPSA) is 37.2 Å². The summed E-state index contributed by atoms with van der Waals surface area (Å²) < 4.78 is 0. The van der Waals surface area contributed by atoms with E-state index >= 15 is 0 Å². The predicted molar refractivity (Wildman–Crippen MR) is 57.5 cm³/mol. The molecule has 0 radical (unpaired) electrons. The van der Waals surface area contributed by atoms with Gasteiger partial charge in [-0.3, -0.25) is 0 Å². The van der Waals surface area contributed by atoms with Gasteiger partial charge in [0.25, 0.3) is 0 Å². The fourth-order valence-corrected chi connectivity index (χ4v) is 1.84. The molecule has 1 heterocycles. The first-order valence-electron chi connectivity index (χ1n) is 4.85. The van der Waals surface area contributed by atoms with Gasteiger partial charge in [0.2, 0.25) is 11.0 Å². The molecule has 3 heteroatoms. The molecule has 0 bridgehead atoms. The second-order valence-electron chi connectivity index (χ2n) is 3.58. The molecular weight excluding hydrogens is 225 g/mol. The Balaban J connectivity index is 0.000000963. The van der Waals surface area contributed by atoms with Crippen molar-refractivity contribution < 1.29 is 61.5 Å². The smallest absolute Gasteiger partial charge is 0.868 e. The minimum absolute atomic E-state index is 0. The third kappa shape index (κ3) is 2.01. The average Bonchev–Trinajstić information content (AvgIpc) is 2.27.